The molecule has 0 aliphatic rings. The van der Waals surface area contributed by atoms with E-state index in [0.717, 1.165) is 16.9 Å². The SMILES string of the molecule is COCCOC(=O)c1c(C)[nH]c(C(=O)Nc2ccc(N(C)C)cc2C)c1C. The van der Waals surface area contributed by atoms with Crippen LogP contribution in [0.25, 0.3) is 0 Å². The van der Waals surface area contributed by atoms with Gasteiger partial charge in [-0.1, -0.05) is 0 Å². The maximum absolute atomic E-state index is 12.7. The van der Waals surface area contributed by atoms with Gasteiger partial charge in [0.15, 0.2) is 0 Å². The van der Waals surface area contributed by atoms with Gasteiger partial charge in [0.05, 0.1) is 12.2 Å². The highest BCUT2D eigenvalue weighted by atomic mass is 16.6. The van der Waals surface area contributed by atoms with Crippen molar-refractivity contribution < 1.29 is 19.1 Å². The summed E-state index contributed by atoms with van der Waals surface area (Å²) in [6.45, 7) is 5.90. The molecule has 1 aromatic heterocycles. The Bertz CT molecular complexity index is 840. The summed E-state index contributed by atoms with van der Waals surface area (Å²) in [5, 5.41) is 2.90. The standard InChI is InChI=1S/C20H27N3O4/c1-12-11-15(23(4)5)7-8-16(12)22-19(24)18-13(2)17(14(3)21-18)20(25)27-10-9-26-6/h7-8,11,21H,9-10H2,1-6H3,(H,22,24). The number of rotatable bonds is 7. The van der Waals surface area contributed by atoms with Gasteiger partial charge in [-0.2, -0.15) is 0 Å². The van der Waals surface area contributed by atoms with E-state index in [-0.39, 0.29) is 12.5 Å². The third-order valence-electron chi connectivity index (χ3n) is 4.36. The summed E-state index contributed by atoms with van der Waals surface area (Å²) >= 11 is 0. The molecule has 1 aromatic carbocycles. The zero-order valence-corrected chi connectivity index (χ0v) is 16.7. The van der Waals surface area contributed by atoms with Crippen molar-refractivity contribution in [1.82, 2.24) is 4.98 Å². The maximum atomic E-state index is 12.7. The molecule has 0 saturated carbocycles. The van der Waals surface area contributed by atoms with Crippen LogP contribution in [0.4, 0.5) is 11.4 Å². The number of aromatic amines is 1. The van der Waals surface area contributed by atoms with E-state index in [0.29, 0.717) is 29.1 Å². The van der Waals surface area contributed by atoms with Crippen molar-refractivity contribution in [3.8, 4) is 0 Å². The Hall–Kier alpha value is -2.80. The van der Waals surface area contributed by atoms with Crippen molar-refractivity contribution in [3.63, 3.8) is 0 Å². The number of carbonyl (C=O) groups is 2. The van der Waals surface area contributed by atoms with Crippen molar-refractivity contribution in [2.24, 2.45) is 0 Å². The first-order chi connectivity index (χ1) is 12.8. The summed E-state index contributed by atoms with van der Waals surface area (Å²) < 4.78 is 10.1. The van der Waals surface area contributed by atoms with Gasteiger partial charge in [0, 0.05) is 38.3 Å². The van der Waals surface area contributed by atoms with Gasteiger partial charge < -0.3 is 24.7 Å². The van der Waals surface area contributed by atoms with E-state index in [1.165, 1.54) is 7.11 Å². The van der Waals surface area contributed by atoms with Crippen LogP contribution in [0.15, 0.2) is 18.2 Å². The van der Waals surface area contributed by atoms with E-state index in [1.54, 1.807) is 13.8 Å². The highest BCUT2D eigenvalue weighted by Gasteiger charge is 2.23. The number of anilines is 2. The molecule has 1 heterocycles. The number of benzene rings is 1. The van der Waals surface area contributed by atoms with Gasteiger partial charge in [0.25, 0.3) is 5.91 Å². The topological polar surface area (TPSA) is 83.7 Å². The summed E-state index contributed by atoms with van der Waals surface area (Å²) in [4.78, 5) is 30.0. The molecule has 1 amide bonds. The Balaban J connectivity index is 2.20. The molecule has 7 heteroatoms. The summed E-state index contributed by atoms with van der Waals surface area (Å²) in [6, 6.07) is 5.81. The third kappa shape index (κ3) is 4.68. The predicted octanol–water partition coefficient (Wildman–Crippen LogP) is 3.06. The van der Waals surface area contributed by atoms with Gasteiger partial charge in [-0.3, -0.25) is 4.79 Å². The molecule has 27 heavy (non-hydrogen) atoms. The average Bonchev–Trinajstić information content (AvgIpc) is 2.91. The van der Waals surface area contributed by atoms with Crippen LogP contribution >= 0.6 is 0 Å². The van der Waals surface area contributed by atoms with Gasteiger partial charge in [-0.15, -0.1) is 0 Å². The number of hydrogen-bond donors (Lipinski definition) is 2. The van der Waals surface area contributed by atoms with Crippen LogP contribution in [0.5, 0.6) is 0 Å². The van der Waals surface area contributed by atoms with Crippen LogP contribution in [0.3, 0.4) is 0 Å². The fourth-order valence-corrected chi connectivity index (χ4v) is 2.82. The molecule has 0 fully saturated rings. The first kappa shape index (κ1) is 20.5. The molecule has 0 saturated heterocycles. The van der Waals surface area contributed by atoms with Gasteiger partial charge >= 0.3 is 5.97 Å². The van der Waals surface area contributed by atoms with Gasteiger partial charge in [-0.05, 0) is 50.1 Å². The van der Waals surface area contributed by atoms with Crippen LogP contribution in [0.1, 0.15) is 37.7 Å². The summed E-state index contributed by atoms with van der Waals surface area (Å²) in [6.07, 6.45) is 0. The minimum atomic E-state index is -0.469. The van der Waals surface area contributed by atoms with E-state index in [4.69, 9.17) is 9.47 Å². The number of amides is 1. The fraction of sp³-hybridized carbons (Fsp3) is 0.400. The molecule has 0 spiro atoms. The Morgan fingerprint density at radius 2 is 1.85 bits per heavy atom. The second kappa shape index (κ2) is 8.73. The monoisotopic (exact) mass is 373 g/mol. The van der Waals surface area contributed by atoms with Crippen LogP contribution in [-0.2, 0) is 9.47 Å². The Labute approximate surface area is 159 Å². The summed E-state index contributed by atoms with van der Waals surface area (Å²) in [7, 11) is 5.47. The summed E-state index contributed by atoms with van der Waals surface area (Å²) in [5.41, 5.74) is 4.63. The van der Waals surface area contributed by atoms with E-state index >= 15 is 0 Å². The van der Waals surface area contributed by atoms with E-state index < -0.39 is 5.97 Å². The molecule has 0 bridgehead atoms. The molecule has 2 N–H and O–H groups in total. The fourth-order valence-electron chi connectivity index (χ4n) is 2.82. The molecule has 2 rings (SSSR count). The lowest BCUT2D eigenvalue weighted by atomic mass is 10.1. The molecule has 0 radical (unpaired) electrons. The van der Waals surface area contributed by atoms with E-state index in [1.807, 2.05) is 44.1 Å². The van der Waals surface area contributed by atoms with E-state index in [9.17, 15) is 9.59 Å². The lowest BCUT2D eigenvalue weighted by Gasteiger charge is -2.15. The Morgan fingerprint density at radius 3 is 2.44 bits per heavy atom. The Kier molecular flexibility index (Phi) is 6.63. The number of H-pyrrole nitrogens is 1. The Morgan fingerprint density at radius 1 is 1.15 bits per heavy atom. The molecule has 0 aliphatic carbocycles. The number of ether oxygens (including phenoxy) is 2. The average molecular weight is 373 g/mol. The number of aromatic nitrogens is 1. The second-order valence-electron chi connectivity index (χ2n) is 6.60. The zero-order chi connectivity index (χ0) is 20.1. The van der Waals surface area contributed by atoms with Crippen LogP contribution < -0.4 is 10.2 Å². The lowest BCUT2D eigenvalue weighted by Crippen LogP contribution is -2.16. The maximum Gasteiger partial charge on any atom is 0.340 e. The summed E-state index contributed by atoms with van der Waals surface area (Å²) in [5.74, 6) is -0.767. The van der Waals surface area contributed by atoms with Gasteiger partial charge in [-0.25, -0.2) is 4.79 Å². The first-order valence-corrected chi connectivity index (χ1v) is 8.70. The number of hydrogen-bond acceptors (Lipinski definition) is 5. The number of nitrogens with one attached hydrogen (secondary N) is 2. The molecular formula is C20H27N3O4. The van der Waals surface area contributed by atoms with Crippen molar-refractivity contribution >= 4 is 23.3 Å². The quantitative estimate of drug-likeness (QED) is 0.576. The molecule has 146 valence electrons. The highest BCUT2D eigenvalue weighted by molar-refractivity contribution is 6.07. The highest BCUT2D eigenvalue weighted by Crippen LogP contribution is 2.24. The third-order valence-corrected chi connectivity index (χ3v) is 4.36. The van der Waals surface area contributed by atoms with Gasteiger partial charge in [0.2, 0.25) is 0 Å². The first-order valence-electron chi connectivity index (χ1n) is 8.70. The normalized spacial score (nSPS) is 10.6. The van der Waals surface area contributed by atoms with E-state index in [2.05, 4.69) is 10.3 Å². The molecule has 7 nitrogen and oxygen atoms in total. The van der Waals surface area contributed by atoms with Crippen molar-refractivity contribution in [2.45, 2.75) is 20.8 Å². The lowest BCUT2D eigenvalue weighted by molar-refractivity contribution is 0.0387. The number of carbonyl (C=O) groups excluding carboxylic acids is 2. The molecule has 0 unspecified atom stereocenters. The van der Waals surface area contributed by atoms with Gasteiger partial charge in [0.1, 0.15) is 12.3 Å². The zero-order valence-electron chi connectivity index (χ0n) is 16.7. The van der Waals surface area contributed by atoms with Crippen LogP contribution in [0.2, 0.25) is 0 Å². The smallest absolute Gasteiger partial charge is 0.340 e. The number of nitrogens with zero attached hydrogens (tertiary/aromatic N) is 1. The van der Waals surface area contributed by atoms with Crippen molar-refractivity contribution in [1.29, 1.82) is 0 Å². The minimum absolute atomic E-state index is 0.165. The molecular weight excluding hydrogens is 346 g/mol. The number of esters is 1. The molecule has 0 atom stereocenters. The van der Waals surface area contributed by atoms with Crippen LogP contribution in [-0.4, -0.2) is 51.3 Å². The minimum Gasteiger partial charge on any atom is -0.460 e. The predicted molar refractivity (Wildman–Crippen MR) is 106 cm³/mol. The number of aryl methyl sites for hydroxylation is 2. The van der Waals surface area contributed by atoms with Crippen molar-refractivity contribution in [2.75, 3.05) is 44.6 Å². The number of methoxy groups -OCH3 is 1. The van der Waals surface area contributed by atoms with Crippen molar-refractivity contribution in [3.05, 3.63) is 46.3 Å². The largest absolute Gasteiger partial charge is 0.460 e. The second-order valence-corrected chi connectivity index (χ2v) is 6.60. The molecule has 2 aromatic rings. The van der Waals surface area contributed by atoms with Crippen LogP contribution in [0, 0.1) is 20.8 Å². The molecule has 0 aliphatic heterocycles.